The fourth-order valence-electron chi connectivity index (χ4n) is 4.56. The number of benzene rings is 1. The summed E-state index contributed by atoms with van der Waals surface area (Å²) in [7, 11) is 0. The second-order valence-electron chi connectivity index (χ2n) is 7.93. The summed E-state index contributed by atoms with van der Waals surface area (Å²) in [5.41, 5.74) is 4.27. The molecule has 0 unspecified atom stereocenters. The van der Waals surface area contributed by atoms with Crippen molar-refractivity contribution < 1.29 is 0 Å². The Bertz CT molecular complexity index is 1010. The van der Waals surface area contributed by atoms with Gasteiger partial charge in [0.15, 0.2) is 11.5 Å². The minimum atomic E-state index is 0.477. The van der Waals surface area contributed by atoms with E-state index in [-0.39, 0.29) is 0 Å². The Morgan fingerprint density at radius 2 is 1.64 bits per heavy atom. The van der Waals surface area contributed by atoms with E-state index in [2.05, 4.69) is 50.6 Å². The first kappa shape index (κ1) is 17.3. The maximum atomic E-state index is 4.78. The molecule has 2 fully saturated rings. The lowest BCUT2D eigenvalue weighted by Crippen LogP contribution is -2.29. The van der Waals surface area contributed by atoms with Gasteiger partial charge < -0.3 is 4.90 Å². The van der Waals surface area contributed by atoms with Crippen LogP contribution in [0.15, 0.2) is 42.6 Å². The lowest BCUT2D eigenvalue weighted by atomic mass is 10.1. The predicted octanol–water partition coefficient (Wildman–Crippen LogP) is 4.94. The molecule has 2 aliphatic rings. The van der Waals surface area contributed by atoms with Gasteiger partial charge in [0.1, 0.15) is 5.52 Å². The summed E-state index contributed by atoms with van der Waals surface area (Å²) in [6, 6.07) is 13.1. The van der Waals surface area contributed by atoms with Crippen molar-refractivity contribution in [1.29, 1.82) is 0 Å². The average Bonchev–Trinajstić information content (AvgIpc) is 3.40. The van der Waals surface area contributed by atoms with Gasteiger partial charge in [-0.05, 0) is 74.4 Å². The molecule has 0 atom stereocenters. The van der Waals surface area contributed by atoms with Crippen LogP contribution in [0.1, 0.15) is 62.4 Å². The van der Waals surface area contributed by atoms with Crippen molar-refractivity contribution in [1.82, 2.24) is 14.5 Å². The number of imidazole rings is 1. The van der Waals surface area contributed by atoms with Gasteiger partial charge in [-0.25, -0.2) is 9.97 Å². The van der Waals surface area contributed by atoms with Crippen molar-refractivity contribution in [3.8, 4) is 11.8 Å². The molecule has 0 N–H and O–H groups in total. The average molecular weight is 371 g/mol. The van der Waals surface area contributed by atoms with Crippen molar-refractivity contribution in [2.45, 2.75) is 51.0 Å². The van der Waals surface area contributed by atoms with Crippen LogP contribution in [0.3, 0.4) is 0 Å². The number of anilines is 1. The van der Waals surface area contributed by atoms with Crippen molar-refractivity contribution in [2.75, 3.05) is 18.0 Å². The highest BCUT2D eigenvalue weighted by molar-refractivity contribution is 5.72. The lowest BCUT2D eigenvalue weighted by Gasteiger charge is -2.28. The highest BCUT2D eigenvalue weighted by Gasteiger charge is 2.22. The van der Waals surface area contributed by atoms with Crippen LogP contribution in [-0.2, 0) is 0 Å². The van der Waals surface area contributed by atoms with E-state index in [0.717, 1.165) is 22.6 Å². The third-order valence-corrected chi connectivity index (χ3v) is 6.05. The second-order valence-corrected chi connectivity index (χ2v) is 7.93. The normalized spacial score (nSPS) is 17.6. The van der Waals surface area contributed by atoms with Crippen LogP contribution in [0.5, 0.6) is 0 Å². The van der Waals surface area contributed by atoms with Crippen molar-refractivity contribution in [3.63, 3.8) is 0 Å². The third-order valence-electron chi connectivity index (χ3n) is 6.05. The zero-order valence-corrected chi connectivity index (χ0v) is 16.3. The highest BCUT2D eigenvalue weighted by Crippen LogP contribution is 2.32. The van der Waals surface area contributed by atoms with Gasteiger partial charge in [0.25, 0.3) is 0 Å². The molecule has 1 aliphatic heterocycles. The van der Waals surface area contributed by atoms with Crippen molar-refractivity contribution >= 4 is 16.9 Å². The number of fused-ring (bicyclic) bond motifs is 1. The first-order valence-electron chi connectivity index (χ1n) is 10.6. The van der Waals surface area contributed by atoms with Gasteiger partial charge in [-0.2, -0.15) is 0 Å². The van der Waals surface area contributed by atoms with E-state index < -0.39 is 0 Å². The summed E-state index contributed by atoms with van der Waals surface area (Å²) in [5, 5.41) is 0. The fraction of sp³-hybridized carbons (Fsp3) is 0.417. The molecule has 0 amide bonds. The molecular formula is C24H26N4. The Morgan fingerprint density at radius 1 is 0.857 bits per heavy atom. The SMILES string of the molecule is C(#Cc1nc2cccnc2n1C1CCCC1)c1ccc(N2CCCCC2)cc1. The maximum Gasteiger partial charge on any atom is 0.188 e. The molecule has 4 nitrogen and oxygen atoms in total. The van der Waals surface area contributed by atoms with Gasteiger partial charge in [-0.1, -0.05) is 18.8 Å². The molecule has 5 rings (SSSR count). The van der Waals surface area contributed by atoms with E-state index in [1.807, 2.05) is 18.3 Å². The molecule has 2 aromatic heterocycles. The molecule has 4 heteroatoms. The lowest BCUT2D eigenvalue weighted by molar-refractivity contribution is 0.524. The number of nitrogens with zero attached hydrogens (tertiary/aromatic N) is 4. The monoisotopic (exact) mass is 370 g/mol. The molecular weight excluding hydrogens is 344 g/mol. The summed E-state index contributed by atoms with van der Waals surface area (Å²) < 4.78 is 2.28. The number of piperidine rings is 1. The quantitative estimate of drug-likeness (QED) is 0.600. The minimum absolute atomic E-state index is 0.477. The maximum absolute atomic E-state index is 4.78. The molecule has 0 spiro atoms. The van der Waals surface area contributed by atoms with E-state index in [9.17, 15) is 0 Å². The highest BCUT2D eigenvalue weighted by atomic mass is 15.1. The molecule has 1 saturated heterocycles. The molecule has 1 saturated carbocycles. The Morgan fingerprint density at radius 3 is 2.43 bits per heavy atom. The number of hydrogen-bond acceptors (Lipinski definition) is 3. The van der Waals surface area contributed by atoms with Gasteiger partial charge in [0.2, 0.25) is 0 Å². The van der Waals surface area contributed by atoms with Gasteiger partial charge in [-0.3, -0.25) is 4.57 Å². The zero-order chi connectivity index (χ0) is 18.8. The third kappa shape index (κ3) is 3.38. The number of aromatic nitrogens is 3. The van der Waals surface area contributed by atoms with Crippen LogP contribution in [0.4, 0.5) is 5.69 Å². The number of rotatable bonds is 2. The molecule has 0 radical (unpaired) electrons. The fourth-order valence-corrected chi connectivity index (χ4v) is 4.56. The summed E-state index contributed by atoms with van der Waals surface area (Å²) in [5.74, 6) is 7.53. The van der Waals surface area contributed by atoms with Crippen molar-refractivity contribution in [2.24, 2.45) is 0 Å². The number of hydrogen-bond donors (Lipinski definition) is 0. The number of pyridine rings is 1. The summed E-state index contributed by atoms with van der Waals surface area (Å²) in [6.45, 7) is 2.34. The molecule has 3 aromatic rings. The van der Waals surface area contributed by atoms with E-state index in [0.29, 0.717) is 6.04 Å². The molecule has 28 heavy (non-hydrogen) atoms. The topological polar surface area (TPSA) is 34.0 Å². The molecule has 0 bridgehead atoms. The van der Waals surface area contributed by atoms with E-state index in [1.54, 1.807) is 0 Å². The van der Waals surface area contributed by atoms with Gasteiger partial charge in [0, 0.05) is 36.6 Å². The Hall–Kier alpha value is -2.80. The first-order chi connectivity index (χ1) is 13.9. The minimum Gasteiger partial charge on any atom is -0.372 e. The zero-order valence-electron chi connectivity index (χ0n) is 16.3. The summed E-state index contributed by atoms with van der Waals surface area (Å²) >= 11 is 0. The standard InChI is InChI=1S/C24H26N4/c1-4-17-27(18-5-1)20-13-10-19(11-14-20)12-15-23-26-22-9-6-16-25-24(22)28(23)21-7-2-3-8-21/h6,9-11,13-14,16,21H,1-5,7-8,17-18H2. The van der Waals surface area contributed by atoms with Crippen molar-refractivity contribution in [3.05, 3.63) is 54.0 Å². The van der Waals surface area contributed by atoms with Gasteiger partial charge >= 0.3 is 0 Å². The predicted molar refractivity (Wildman–Crippen MR) is 114 cm³/mol. The second kappa shape index (κ2) is 7.67. The van der Waals surface area contributed by atoms with Crippen LogP contribution in [0.2, 0.25) is 0 Å². The smallest absolute Gasteiger partial charge is 0.188 e. The van der Waals surface area contributed by atoms with Crippen LogP contribution in [0, 0.1) is 11.8 Å². The Kier molecular flexibility index (Phi) is 4.74. The van der Waals surface area contributed by atoms with E-state index >= 15 is 0 Å². The Balaban J connectivity index is 1.44. The van der Waals surface area contributed by atoms with Crippen LogP contribution in [-0.4, -0.2) is 27.6 Å². The summed E-state index contributed by atoms with van der Waals surface area (Å²) in [6.07, 6.45) is 10.8. The van der Waals surface area contributed by atoms with E-state index in [4.69, 9.17) is 4.98 Å². The molecule has 3 heterocycles. The largest absolute Gasteiger partial charge is 0.372 e. The first-order valence-corrected chi connectivity index (χ1v) is 10.6. The van der Waals surface area contributed by atoms with Gasteiger partial charge in [0.05, 0.1) is 0 Å². The van der Waals surface area contributed by atoms with Gasteiger partial charge in [-0.15, -0.1) is 0 Å². The van der Waals surface area contributed by atoms with Crippen LogP contribution >= 0.6 is 0 Å². The molecule has 142 valence electrons. The van der Waals surface area contributed by atoms with Crippen LogP contribution < -0.4 is 4.90 Å². The molecule has 1 aromatic carbocycles. The molecule has 1 aliphatic carbocycles. The van der Waals surface area contributed by atoms with Crippen LogP contribution in [0.25, 0.3) is 11.2 Å². The Labute approximate surface area is 166 Å². The summed E-state index contributed by atoms with van der Waals surface area (Å²) in [4.78, 5) is 11.9. The van der Waals surface area contributed by atoms with E-state index in [1.165, 1.54) is 63.7 Å².